The van der Waals surface area contributed by atoms with Gasteiger partial charge in [-0.3, -0.25) is 0 Å². The number of halogens is 1. The molecule has 1 aromatic carbocycles. The molecule has 1 aromatic heterocycles. The Morgan fingerprint density at radius 3 is 2.63 bits per heavy atom. The van der Waals surface area contributed by atoms with Crippen LogP contribution in [0.5, 0.6) is 0 Å². The average molecular weight is 295 g/mol. The highest BCUT2D eigenvalue weighted by Gasteiger charge is 2.18. The molecule has 2 aromatic rings. The standard InChI is InChI=1S/C15H19ClN2S/c1-4-17-14(15-10(2)18-11(3)19-15)9-12-7-5-6-8-13(12)16/h5-8,14,17H,4,9H2,1-3H3. The van der Waals surface area contributed by atoms with Crippen LogP contribution < -0.4 is 5.32 Å². The van der Waals surface area contributed by atoms with Gasteiger partial charge in [-0.05, 0) is 38.4 Å². The van der Waals surface area contributed by atoms with Crippen molar-refractivity contribution >= 4 is 22.9 Å². The summed E-state index contributed by atoms with van der Waals surface area (Å²) >= 11 is 8.03. The molecule has 0 fully saturated rings. The van der Waals surface area contributed by atoms with Crippen LogP contribution in [0.1, 0.15) is 34.1 Å². The summed E-state index contributed by atoms with van der Waals surface area (Å²) in [5, 5.41) is 5.50. The fourth-order valence-electron chi connectivity index (χ4n) is 2.26. The lowest BCUT2D eigenvalue weighted by atomic mass is 10.0. The van der Waals surface area contributed by atoms with Gasteiger partial charge in [-0.25, -0.2) is 4.98 Å². The molecule has 2 rings (SSSR count). The highest BCUT2D eigenvalue weighted by molar-refractivity contribution is 7.11. The van der Waals surface area contributed by atoms with Crippen molar-refractivity contribution in [2.45, 2.75) is 33.2 Å². The van der Waals surface area contributed by atoms with Crippen molar-refractivity contribution in [2.75, 3.05) is 6.54 Å². The Morgan fingerprint density at radius 1 is 1.32 bits per heavy atom. The molecule has 1 atom stereocenters. The van der Waals surface area contributed by atoms with Crippen LogP contribution in [0.25, 0.3) is 0 Å². The van der Waals surface area contributed by atoms with Crippen LogP contribution >= 0.6 is 22.9 Å². The second-order valence-electron chi connectivity index (χ2n) is 4.59. The van der Waals surface area contributed by atoms with E-state index in [1.807, 2.05) is 18.2 Å². The van der Waals surface area contributed by atoms with Crippen molar-refractivity contribution in [1.82, 2.24) is 10.3 Å². The van der Waals surface area contributed by atoms with Gasteiger partial charge >= 0.3 is 0 Å². The van der Waals surface area contributed by atoms with E-state index in [1.165, 1.54) is 10.4 Å². The summed E-state index contributed by atoms with van der Waals surface area (Å²) in [6, 6.07) is 8.34. The molecule has 102 valence electrons. The van der Waals surface area contributed by atoms with Gasteiger partial charge in [-0.1, -0.05) is 36.7 Å². The van der Waals surface area contributed by atoms with Crippen molar-refractivity contribution in [2.24, 2.45) is 0 Å². The Balaban J connectivity index is 2.26. The van der Waals surface area contributed by atoms with Crippen molar-refractivity contribution in [3.05, 3.63) is 50.4 Å². The largest absolute Gasteiger partial charge is 0.309 e. The first-order chi connectivity index (χ1) is 9.11. The van der Waals surface area contributed by atoms with E-state index in [1.54, 1.807) is 11.3 Å². The molecule has 0 bridgehead atoms. The number of hydrogen-bond donors (Lipinski definition) is 1. The molecule has 0 radical (unpaired) electrons. The van der Waals surface area contributed by atoms with E-state index in [9.17, 15) is 0 Å². The normalized spacial score (nSPS) is 12.6. The minimum atomic E-state index is 0.288. The third kappa shape index (κ3) is 3.56. The summed E-state index contributed by atoms with van der Waals surface area (Å²) in [6.45, 7) is 7.20. The monoisotopic (exact) mass is 294 g/mol. The van der Waals surface area contributed by atoms with Gasteiger partial charge in [0.15, 0.2) is 0 Å². The Bertz CT molecular complexity index is 551. The molecule has 1 N–H and O–H groups in total. The van der Waals surface area contributed by atoms with Crippen LogP contribution in [0.2, 0.25) is 5.02 Å². The maximum absolute atomic E-state index is 6.26. The first kappa shape index (κ1) is 14.5. The Hall–Kier alpha value is -0.900. The maximum atomic E-state index is 6.26. The minimum absolute atomic E-state index is 0.288. The topological polar surface area (TPSA) is 24.9 Å². The van der Waals surface area contributed by atoms with E-state index < -0.39 is 0 Å². The number of aromatic nitrogens is 1. The molecule has 19 heavy (non-hydrogen) atoms. The van der Waals surface area contributed by atoms with E-state index in [0.717, 1.165) is 28.7 Å². The number of hydrogen-bond acceptors (Lipinski definition) is 3. The van der Waals surface area contributed by atoms with Crippen LogP contribution in [0.4, 0.5) is 0 Å². The fraction of sp³-hybridized carbons (Fsp3) is 0.400. The molecule has 0 aliphatic carbocycles. The summed E-state index contributed by atoms with van der Waals surface area (Å²) in [5.74, 6) is 0. The van der Waals surface area contributed by atoms with E-state index in [4.69, 9.17) is 11.6 Å². The fourth-order valence-corrected chi connectivity index (χ4v) is 3.47. The summed E-state index contributed by atoms with van der Waals surface area (Å²) in [7, 11) is 0. The smallest absolute Gasteiger partial charge is 0.0900 e. The summed E-state index contributed by atoms with van der Waals surface area (Å²) < 4.78 is 0. The predicted octanol–water partition coefficient (Wildman–Crippen LogP) is 4.31. The number of thiazole rings is 1. The molecule has 1 unspecified atom stereocenters. The highest BCUT2D eigenvalue weighted by Crippen LogP contribution is 2.29. The van der Waals surface area contributed by atoms with Crippen LogP contribution in [0.3, 0.4) is 0 Å². The third-order valence-corrected chi connectivity index (χ3v) is 4.64. The highest BCUT2D eigenvalue weighted by atomic mass is 35.5. The van der Waals surface area contributed by atoms with Crippen LogP contribution in [0, 0.1) is 13.8 Å². The zero-order valence-corrected chi connectivity index (χ0v) is 13.1. The van der Waals surface area contributed by atoms with Crippen LogP contribution in [-0.4, -0.2) is 11.5 Å². The predicted molar refractivity (Wildman–Crippen MR) is 83.2 cm³/mol. The Labute approximate surface area is 123 Å². The molecule has 0 saturated heterocycles. The first-order valence-electron chi connectivity index (χ1n) is 6.52. The Morgan fingerprint density at radius 2 is 2.05 bits per heavy atom. The van der Waals surface area contributed by atoms with E-state index in [2.05, 4.69) is 37.1 Å². The van der Waals surface area contributed by atoms with Crippen molar-refractivity contribution < 1.29 is 0 Å². The number of rotatable bonds is 5. The molecule has 0 aliphatic heterocycles. The van der Waals surface area contributed by atoms with Crippen molar-refractivity contribution in [3.63, 3.8) is 0 Å². The molecule has 0 amide bonds. The first-order valence-corrected chi connectivity index (χ1v) is 7.72. The Kier molecular flexibility index (Phi) is 4.97. The number of nitrogens with zero attached hydrogens (tertiary/aromatic N) is 1. The quantitative estimate of drug-likeness (QED) is 0.889. The minimum Gasteiger partial charge on any atom is -0.309 e. The van der Waals surface area contributed by atoms with E-state index in [0.29, 0.717) is 0 Å². The second-order valence-corrected chi connectivity index (χ2v) is 6.23. The second kappa shape index (κ2) is 6.51. The summed E-state index contributed by atoms with van der Waals surface area (Å²) in [6.07, 6.45) is 0.899. The molecule has 4 heteroatoms. The molecule has 0 aliphatic rings. The van der Waals surface area contributed by atoms with Gasteiger partial charge in [0, 0.05) is 15.9 Å². The number of benzene rings is 1. The van der Waals surface area contributed by atoms with Gasteiger partial charge < -0.3 is 5.32 Å². The van der Waals surface area contributed by atoms with Gasteiger partial charge in [0.05, 0.1) is 10.7 Å². The molecule has 1 heterocycles. The maximum Gasteiger partial charge on any atom is 0.0900 e. The zero-order valence-electron chi connectivity index (χ0n) is 11.5. The SMILES string of the molecule is CCNC(Cc1ccccc1Cl)c1sc(C)nc1C. The number of nitrogens with one attached hydrogen (secondary N) is 1. The lowest BCUT2D eigenvalue weighted by molar-refractivity contribution is 0.555. The van der Waals surface area contributed by atoms with Crippen molar-refractivity contribution in [1.29, 1.82) is 0 Å². The lowest BCUT2D eigenvalue weighted by Gasteiger charge is -2.18. The zero-order chi connectivity index (χ0) is 13.8. The molecule has 0 spiro atoms. The van der Waals surface area contributed by atoms with Gasteiger partial charge in [0.2, 0.25) is 0 Å². The molecular weight excluding hydrogens is 276 g/mol. The van der Waals surface area contributed by atoms with E-state index >= 15 is 0 Å². The van der Waals surface area contributed by atoms with Gasteiger partial charge in [0.25, 0.3) is 0 Å². The number of aryl methyl sites for hydroxylation is 2. The average Bonchev–Trinajstić information content (AvgIpc) is 2.70. The molecular formula is C15H19ClN2S. The molecule has 2 nitrogen and oxygen atoms in total. The summed E-state index contributed by atoms with van der Waals surface area (Å²) in [5.41, 5.74) is 2.31. The number of likely N-dealkylation sites (N-methyl/N-ethyl adjacent to an activating group) is 1. The van der Waals surface area contributed by atoms with Gasteiger partial charge in [-0.2, -0.15) is 0 Å². The van der Waals surface area contributed by atoms with Crippen LogP contribution in [0.15, 0.2) is 24.3 Å². The van der Waals surface area contributed by atoms with E-state index in [-0.39, 0.29) is 6.04 Å². The van der Waals surface area contributed by atoms with Crippen molar-refractivity contribution in [3.8, 4) is 0 Å². The van der Waals surface area contributed by atoms with Gasteiger partial charge in [0.1, 0.15) is 0 Å². The van der Waals surface area contributed by atoms with Crippen LogP contribution in [-0.2, 0) is 6.42 Å². The molecule has 0 saturated carbocycles. The third-order valence-electron chi connectivity index (χ3n) is 3.09. The lowest BCUT2D eigenvalue weighted by Crippen LogP contribution is -2.22. The van der Waals surface area contributed by atoms with Gasteiger partial charge in [-0.15, -0.1) is 11.3 Å². The summed E-state index contributed by atoms with van der Waals surface area (Å²) in [4.78, 5) is 5.84.